The van der Waals surface area contributed by atoms with Crippen LogP contribution in [0.3, 0.4) is 0 Å². The van der Waals surface area contributed by atoms with E-state index in [1.54, 1.807) is 0 Å². The van der Waals surface area contributed by atoms with E-state index in [2.05, 4.69) is 26.1 Å². The topological polar surface area (TPSA) is 47.6 Å². The van der Waals surface area contributed by atoms with Gasteiger partial charge < -0.3 is 14.8 Å². The average Bonchev–Trinajstić information content (AvgIpc) is 2.29. The fourth-order valence-corrected chi connectivity index (χ4v) is 1.26. The van der Waals surface area contributed by atoms with Gasteiger partial charge in [-0.2, -0.15) is 0 Å². The Hall–Kier alpha value is -0.610. The Labute approximate surface area is 105 Å². The smallest absolute Gasteiger partial charge is 0.305 e. The van der Waals surface area contributed by atoms with E-state index in [9.17, 15) is 4.79 Å². The van der Waals surface area contributed by atoms with E-state index in [1.807, 2.05) is 0 Å². The summed E-state index contributed by atoms with van der Waals surface area (Å²) >= 11 is 0. The number of carbonyl (C=O) groups excluding carboxylic acids is 1. The summed E-state index contributed by atoms with van der Waals surface area (Å²) in [5, 5.41) is 3.26. The fourth-order valence-electron chi connectivity index (χ4n) is 1.26. The van der Waals surface area contributed by atoms with E-state index in [0.29, 0.717) is 25.7 Å². The minimum atomic E-state index is -0.130. The van der Waals surface area contributed by atoms with Crippen LogP contribution in [0.25, 0.3) is 0 Å². The van der Waals surface area contributed by atoms with Gasteiger partial charge in [-0.05, 0) is 19.4 Å². The number of ether oxygens (including phenoxy) is 2. The molecule has 0 fully saturated rings. The minimum Gasteiger partial charge on any atom is -0.463 e. The van der Waals surface area contributed by atoms with Gasteiger partial charge in [0, 0.05) is 19.1 Å². The van der Waals surface area contributed by atoms with E-state index in [0.717, 1.165) is 32.4 Å². The first-order valence-corrected chi connectivity index (χ1v) is 6.63. The molecular formula is C13H27NO3. The molecule has 0 saturated carbocycles. The lowest BCUT2D eigenvalue weighted by Gasteiger charge is -2.08. The molecule has 0 radical (unpaired) electrons. The normalized spacial score (nSPS) is 10.8. The van der Waals surface area contributed by atoms with Gasteiger partial charge in [0.2, 0.25) is 0 Å². The van der Waals surface area contributed by atoms with Gasteiger partial charge in [0.25, 0.3) is 0 Å². The summed E-state index contributed by atoms with van der Waals surface area (Å²) in [6.07, 6.45) is 3.50. The van der Waals surface area contributed by atoms with Crippen molar-refractivity contribution in [3.8, 4) is 0 Å². The predicted molar refractivity (Wildman–Crippen MR) is 69.1 cm³/mol. The van der Waals surface area contributed by atoms with Crippen LogP contribution in [0.4, 0.5) is 0 Å². The molecule has 0 spiro atoms. The third kappa shape index (κ3) is 13.3. The van der Waals surface area contributed by atoms with Gasteiger partial charge in [-0.3, -0.25) is 4.79 Å². The van der Waals surface area contributed by atoms with Crippen molar-refractivity contribution in [2.45, 2.75) is 52.5 Å². The SMILES string of the molecule is CCCCOCCOC(=O)CCCNC(C)C. The Morgan fingerprint density at radius 2 is 1.94 bits per heavy atom. The zero-order valence-electron chi connectivity index (χ0n) is 11.5. The Bertz CT molecular complexity index is 184. The van der Waals surface area contributed by atoms with Crippen LogP contribution in [-0.4, -0.2) is 38.4 Å². The van der Waals surface area contributed by atoms with Crippen molar-refractivity contribution in [2.24, 2.45) is 0 Å². The standard InChI is InChI=1S/C13H27NO3/c1-4-5-9-16-10-11-17-13(15)7-6-8-14-12(2)3/h12,14H,4-11H2,1-3H3. The maximum atomic E-state index is 11.3. The second kappa shape index (κ2) is 11.9. The van der Waals surface area contributed by atoms with Crippen LogP contribution in [-0.2, 0) is 14.3 Å². The molecule has 4 heteroatoms. The summed E-state index contributed by atoms with van der Waals surface area (Å²) in [6.45, 7) is 8.80. The minimum absolute atomic E-state index is 0.130. The summed E-state index contributed by atoms with van der Waals surface area (Å²) in [5.41, 5.74) is 0. The molecule has 17 heavy (non-hydrogen) atoms. The van der Waals surface area contributed by atoms with Crippen LogP contribution in [0.1, 0.15) is 46.5 Å². The molecule has 0 rings (SSSR count). The molecule has 0 atom stereocenters. The molecule has 0 heterocycles. The largest absolute Gasteiger partial charge is 0.463 e. The zero-order chi connectivity index (χ0) is 12.9. The summed E-state index contributed by atoms with van der Waals surface area (Å²) in [4.78, 5) is 11.3. The third-order valence-electron chi connectivity index (χ3n) is 2.24. The molecule has 4 nitrogen and oxygen atoms in total. The molecule has 1 N–H and O–H groups in total. The van der Waals surface area contributed by atoms with Gasteiger partial charge >= 0.3 is 5.97 Å². The van der Waals surface area contributed by atoms with Gasteiger partial charge in [-0.1, -0.05) is 27.2 Å². The maximum absolute atomic E-state index is 11.3. The van der Waals surface area contributed by atoms with Crippen molar-refractivity contribution in [2.75, 3.05) is 26.4 Å². The third-order valence-corrected chi connectivity index (χ3v) is 2.24. The van der Waals surface area contributed by atoms with Crippen molar-refractivity contribution >= 4 is 5.97 Å². The number of nitrogens with one attached hydrogen (secondary N) is 1. The Morgan fingerprint density at radius 1 is 1.18 bits per heavy atom. The quantitative estimate of drug-likeness (QED) is 0.447. The van der Waals surface area contributed by atoms with E-state index in [1.165, 1.54) is 0 Å². The fraction of sp³-hybridized carbons (Fsp3) is 0.923. The summed E-state index contributed by atoms with van der Waals surface area (Å²) in [6, 6.07) is 0.470. The number of hydrogen-bond acceptors (Lipinski definition) is 4. The molecule has 0 aromatic carbocycles. The summed E-state index contributed by atoms with van der Waals surface area (Å²) < 4.78 is 10.3. The first-order chi connectivity index (χ1) is 8.16. The van der Waals surface area contributed by atoms with E-state index in [4.69, 9.17) is 9.47 Å². The number of hydrogen-bond donors (Lipinski definition) is 1. The molecule has 102 valence electrons. The van der Waals surface area contributed by atoms with Crippen molar-refractivity contribution < 1.29 is 14.3 Å². The average molecular weight is 245 g/mol. The maximum Gasteiger partial charge on any atom is 0.305 e. The van der Waals surface area contributed by atoms with Crippen LogP contribution in [0, 0.1) is 0 Å². The molecule has 0 aromatic rings. The van der Waals surface area contributed by atoms with Gasteiger partial charge in [-0.15, -0.1) is 0 Å². The van der Waals surface area contributed by atoms with E-state index >= 15 is 0 Å². The van der Waals surface area contributed by atoms with Crippen LogP contribution in [0.2, 0.25) is 0 Å². The molecule has 0 aliphatic heterocycles. The van der Waals surface area contributed by atoms with Gasteiger partial charge in [0.15, 0.2) is 0 Å². The Balaban J connectivity index is 3.18. The Morgan fingerprint density at radius 3 is 2.59 bits per heavy atom. The highest BCUT2D eigenvalue weighted by Crippen LogP contribution is 1.93. The first kappa shape index (κ1) is 16.4. The monoisotopic (exact) mass is 245 g/mol. The Kier molecular flexibility index (Phi) is 11.4. The van der Waals surface area contributed by atoms with E-state index in [-0.39, 0.29) is 5.97 Å². The molecule has 0 bridgehead atoms. The molecule has 0 aliphatic carbocycles. The second-order valence-corrected chi connectivity index (χ2v) is 4.40. The van der Waals surface area contributed by atoms with Crippen LogP contribution < -0.4 is 5.32 Å². The highest BCUT2D eigenvalue weighted by atomic mass is 16.6. The van der Waals surface area contributed by atoms with Crippen molar-refractivity contribution in [1.82, 2.24) is 5.32 Å². The van der Waals surface area contributed by atoms with Crippen LogP contribution >= 0.6 is 0 Å². The molecule has 0 amide bonds. The van der Waals surface area contributed by atoms with Crippen LogP contribution in [0.15, 0.2) is 0 Å². The zero-order valence-corrected chi connectivity index (χ0v) is 11.5. The van der Waals surface area contributed by atoms with E-state index < -0.39 is 0 Å². The molecular weight excluding hydrogens is 218 g/mol. The summed E-state index contributed by atoms with van der Waals surface area (Å²) in [7, 11) is 0. The van der Waals surface area contributed by atoms with Gasteiger partial charge in [-0.25, -0.2) is 0 Å². The molecule has 0 aliphatic rings. The lowest BCUT2D eigenvalue weighted by molar-refractivity contribution is -0.145. The first-order valence-electron chi connectivity index (χ1n) is 6.63. The highest BCUT2D eigenvalue weighted by molar-refractivity contribution is 5.69. The summed E-state index contributed by atoms with van der Waals surface area (Å²) in [5.74, 6) is -0.130. The van der Waals surface area contributed by atoms with Gasteiger partial charge in [0.1, 0.15) is 6.61 Å². The molecule has 0 saturated heterocycles. The van der Waals surface area contributed by atoms with Crippen LogP contribution in [0.5, 0.6) is 0 Å². The van der Waals surface area contributed by atoms with Crippen molar-refractivity contribution in [3.63, 3.8) is 0 Å². The lowest BCUT2D eigenvalue weighted by atomic mass is 10.3. The number of carbonyl (C=O) groups is 1. The number of esters is 1. The highest BCUT2D eigenvalue weighted by Gasteiger charge is 2.02. The molecule has 0 aromatic heterocycles. The van der Waals surface area contributed by atoms with Crippen molar-refractivity contribution in [1.29, 1.82) is 0 Å². The predicted octanol–water partition coefficient (Wildman–Crippen LogP) is 2.12. The second-order valence-electron chi connectivity index (χ2n) is 4.40. The lowest BCUT2D eigenvalue weighted by Crippen LogP contribution is -2.24. The van der Waals surface area contributed by atoms with Gasteiger partial charge in [0.05, 0.1) is 6.61 Å². The molecule has 0 unspecified atom stereocenters. The number of rotatable bonds is 11. The van der Waals surface area contributed by atoms with Crippen molar-refractivity contribution in [3.05, 3.63) is 0 Å². The number of unbranched alkanes of at least 4 members (excludes halogenated alkanes) is 1.